The van der Waals surface area contributed by atoms with Crippen molar-refractivity contribution in [2.75, 3.05) is 28.4 Å². The molecule has 12 heteroatoms. The van der Waals surface area contributed by atoms with E-state index in [1.807, 2.05) is 25.1 Å². The summed E-state index contributed by atoms with van der Waals surface area (Å²) in [4.78, 5) is 22.0. The second kappa shape index (κ2) is 9.60. The number of anilines is 5. The van der Waals surface area contributed by atoms with E-state index < -0.39 is 15.3 Å². The maximum Gasteiger partial charge on any atom is 0.238 e. The zero-order chi connectivity index (χ0) is 24.3. The molecule has 4 aromatic rings. The van der Waals surface area contributed by atoms with Crippen molar-refractivity contribution in [3.63, 3.8) is 0 Å². The van der Waals surface area contributed by atoms with Gasteiger partial charge in [0, 0.05) is 42.6 Å². The lowest BCUT2D eigenvalue weighted by Crippen LogP contribution is -2.53. The Bertz CT molecular complexity index is 1440. The summed E-state index contributed by atoms with van der Waals surface area (Å²) in [5.74, 6) is 2.00. The van der Waals surface area contributed by atoms with E-state index in [0.717, 1.165) is 5.69 Å². The van der Waals surface area contributed by atoms with Crippen LogP contribution in [0, 0.1) is 6.92 Å². The summed E-state index contributed by atoms with van der Waals surface area (Å²) in [6.45, 7) is 2.85. The fourth-order valence-corrected chi connectivity index (χ4v) is 4.62. The van der Waals surface area contributed by atoms with Gasteiger partial charge in [-0.3, -0.25) is 4.72 Å². The van der Waals surface area contributed by atoms with Gasteiger partial charge in [0.1, 0.15) is 22.6 Å². The largest absolute Gasteiger partial charge is 0.325 e. The second-order valence-corrected chi connectivity index (χ2v) is 9.91. The van der Waals surface area contributed by atoms with Gasteiger partial charge in [0.05, 0.1) is 0 Å². The molecule has 178 valence electrons. The summed E-state index contributed by atoms with van der Waals surface area (Å²) in [7, 11) is -3.39. The predicted octanol–water partition coefficient (Wildman–Crippen LogP) is 2.84. The highest BCUT2D eigenvalue weighted by Gasteiger charge is 2.30. The molecular formula is C23H23N9O2S. The molecule has 5 rings (SSSR count). The van der Waals surface area contributed by atoms with Gasteiger partial charge in [-0.2, -0.15) is 4.98 Å². The van der Waals surface area contributed by atoms with Crippen LogP contribution in [0.25, 0.3) is 11.5 Å². The normalized spacial score (nSPS) is 13.6. The number of nitrogens with one attached hydrogen (secondary N) is 4. The molecule has 1 fully saturated rings. The number of aryl methyl sites for hydroxylation is 1. The Morgan fingerprint density at radius 1 is 0.829 bits per heavy atom. The lowest BCUT2D eigenvalue weighted by Gasteiger charge is -2.27. The zero-order valence-corrected chi connectivity index (χ0v) is 19.6. The summed E-state index contributed by atoms with van der Waals surface area (Å²) in [6, 6.07) is 16.1. The number of hydrogen-bond donors (Lipinski definition) is 4. The van der Waals surface area contributed by atoms with Crippen molar-refractivity contribution in [2.24, 2.45) is 0 Å². The molecule has 3 aromatic heterocycles. The lowest BCUT2D eigenvalue weighted by atomic mass is 10.3. The van der Waals surface area contributed by atoms with Crippen molar-refractivity contribution in [3.8, 4) is 11.5 Å². The quantitative estimate of drug-likeness (QED) is 0.291. The zero-order valence-electron chi connectivity index (χ0n) is 18.8. The van der Waals surface area contributed by atoms with Crippen molar-refractivity contribution >= 4 is 39.0 Å². The fourth-order valence-electron chi connectivity index (χ4n) is 3.32. The number of hydrogen-bond acceptors (Lipinski definition) is 10. The van der Waals surface area contributed by atoms with Gasteiger partial charge >= 0.3 is 0 Å². The maximum absolute atomic E-state index is 12.3. The molecule has 0 spiro atoms. The van der Waals surface area contributed by atoms with Crippen molar-refractivity contribution in [3.05, 3.63) is 72.7 Å². The molecule has 0 bridgehead atoms. The molecule has 0 unspecified atom stereocenters. The molecule has 1 aliphatic heterocycles. The maximum atomic E-state index is 12.3. The molecule has 1 aromatic carbocycles. The van der Waals surface area contributed by atoms with E-state index in [0.29, 0.717) is 53.6 Å². The standard InChI is InChI=1S/C23H23N9O2S/c1-15-3-2-4-19(27-15)22-25-11-9-20(30-22)29-21-10-12-26-23(31-21)28-16-5-7-17(8-6-16)32-35(33,34)18-13-24-14-18/h2-12,18,24,32H,13-14H2,1H3,(H2,25,26,28,29,30,31). The van der Waals surface area contributed by atoms with E-state index in [2.05, 4.69) is 45.6 Å². The van der Waals surface area contributed by atoms with E-state index >= 15 is 0 Å². The van der Waals surface area contributed by atoms with Crippen LogP contribution in [-0.4, -0.2) is 51.7 Å². The first-order valence-corrected chi connectivity index (χ1v) is 12.5. The molecule has 0 amide bonds. The lowest BCUT2D eigenvalue weighted by molar-refractivity contribution is 0.498. The van der Waals surface area contributed by atoms with E-state index in [4.69, 9.17) is 0 Å². The molecule has 0 atom stereocenters. The molecule has 0 aliphatic carbocycles. The van der Waals surface area contributed by atoms with Gasteiger partial charge in [-0.25, -0.2) is 28.4 Å². The fraction of sp³-hybridized carbons (Fsp3) is 0.174. The van der Waals surface area contributed by atoms with E-state index in [-0.39, 0.29) is 0 Å². The Kier molecular flexibility index (Phi) is 6.21. The highest BCUT2D eigenvalue weighted by atomic mass is 32.2. The minimum atomic E-state index is -3.39. The summed E-state index contributed by atoms with van der Waals surface area (Å²) < 4.78 is 27.1. The Balaban J connectivity index is 1.25. The second-order valence-electron chi connectivity index (χ2n) is 7.95. The van der Waals surface area contributed by atoms with Crippen LogP contribution in [0.5, 0.6) is 0 Å². The molecule has 0 saturated carbocycles. The van der Waals surface area contributed by atoms with E-state index in [9.17, 15) is 8.42 Å². The Morgan fingerprint density at radius 3 is 2.26 bits per heavy atom. The number of rotatable bonds is 8. The van der Waals surface area contributed by atoms with Gasteiger partial charge in [-0.05, 0) is 55.5 Å². The molecule has 35 heavy (non-hydrogen) atoms. The van der Waals surface area contributed by atoms with E-state index in [1.54, 1.807) is 48.8 Å². The van der Waals surface area contributed by atoms with Gasteiger partial charge in [0.25, 0.3) is 0 Å². The highest BCUT2D eigenvalue weighted by Crippen LogP contribution is 2.21. The highest BCUT2D eigenvalue weighted by molar-refractivity contribution is 7.93. The minimum absolute atomic E-state index is 0.374. The van der Waals surface area contributed by atoms with Crippen LogP contribution in [0.3, 0.4) is 0 Å². The van der Waals surface area contributed by atoms with Gasteiger partial charge < -0.3 is 16.0 Å². The molecule has 1 aliphatic rings. The first kappa shape index (κ1) is 22.6. The van der Waals surface area contributed by atoms with Crippen molar-refractivity contribution in [1.29, 1.82) is 0 Å². The van der Waals surface area contributed by atoms with Crippen molar-refractivity contribution in [1.82, 2.24) is 30.2 Å². The van der Waals surface area contributed by atoms with E-state index in [1.165, 1.54) is 0 Å². The Morgan fingerprint density at radius 2 is 1.54 bits per heavy atom. The Labute approximate surface area is 202 Å². The summed E-state index contributed by atoms with van der Waals surface area (Å²) in [6.07, 6.45) is 3.28. The first-order chi connectivity index (χ1) is 16.9. The average Bonchev–Trinajstić information content (AvgIpc) is 2.79. The van der Waals surface area contributed by atoms with Gasteiger partial charge in [-0.15, -0.1) is 0 Å². The third-order valence-electron chi connectivity index (χ3n) is 5.27. The topological polar surface area (TPSA) is 147 Å². The predicted molar refractivity (Wildman–Crippen MR) is 134 cm³/mol. The molecule has 0 radical (unpaired) electrons. The summed E-state index contributed by atoms with van der Waals surface area (Å²) in [5.41, 5.74) is 2.79. The number of benzene rings is 1. The smallest absolute Gasteiger partial charge is 0.238 e. The number of nitrogens with zero attached hydrogens (tertiary/aromatic N) is 5. The van der Waals surface area contributed by atoms with Crippen LogP contribution in [0.15, 0.2) is 67.0 Å². The summed E-state index contributed by atoms with van der Waals surface area (Å²) in [5, 5.41) is 8.84. The average molecular weight is 490 g/mol. The van der Waals surface area contributed by atoms with Crippen molar-refractivity contribution in [2.45, 2.75) is 12.2 Å². The van der Waals surface area contributed by atoms with Crippen LogP contribution in [0.2, 0.25) is 0 Å². The van der Waals surface area contributed by atoms with Crippen molar-refractivity contribution < 1.29 is 8.42 Å². The number of pyridine rings is 1. The molecule has 11 nitrogen and oxygen atoms in total. The van der Waals surface area contributed by atoms with Gasteiger partial charge in [-0.1, -0.05) is 6.07 Å². The van der Waals surface area contributed by atoms with Crippen LogP contribution in [0.4, 0.5) is 29.0 Å². The van der Waals surface area contributed by atoms with Crippen LogP contribution in [-0.2, 0) is 10.0 Å². The first-order valence-electron chi connectivity index (χ1n) is 10.9. The van der Waals surface area contributed by atoms with Crippen LogP contribution < -0.4 is 20.7 Å². The van der Waals surface area contributed by atoms with Gasteiger partial charge in [0.15, 0.2) is 5.82 Å². The molecule has 4 N–H and O–H groups in total. The summed E-state index contributed by atoms with van der Waals surface area (Å²) >= 11 is 0. The minimum Gasteiger partial charge on any atom is -0.325 e. The van der Waals surface area contributed by atoms with Crippen LogP contribution >= 0.6 is 0 Å². The molecular weight excluding hydrogens is 466 g/mol. The molecule has 4 heterocycles. The number of sulfonamides is 1. The van der Waals surface area contributed by atoms with Gasteiger partial charge in [0.2, 0.25) is 16.0 Å². The third-order valence-corrected chi connectivity index (χ3v) is 7.00. The third kappa shape index (κ3) is 5.50. The Hall–Kier alpha value is -4.16. The number of aromatic nitrogens is 5. The molecule has 1 saturated heterocycles. The SMILES string of the molecule is Cc1cccc(-c2nccc(Nc3ccnc(Nc4ccc(NS(=O)(=O)C5CNC5)cc4)n3)n2)n1. The van der Waals surface area contributed by atoms with Crippen LogP contribution in [0.1, 0.15) is 5.69 Å². The monoisotopic (exact) mass is 489 g/mol.